The van der Waals surface area contributed by atoms with Crippen LogP contribution in [0.1, 0.15) is 39.5 Å². The van der Waals surface area contributed by atoms with Crippen molar-refractivity contribution in [3.05, 3.63) is 0 Å². The van der Waals surface area contributed by atoms with Crippen LogP contribution >= 0.6 is 0 Å². The monoisotopic (exact) mass is 257 g/mol. The van der Waals surface area contributed by atoms with Crippen molar-refractivity contribution in [2.75, 3.05) is 20.8 Å². The van der Waals surface area contributed by atoms with E-state index in [1.807, 2.05) is 14.2 Å². The fourth-order valence-electron chi connectivity index (χ4n) is 4.03. The van der Waals surface area contributed by atoms with Gasteiger partial charge in [-0.2, -0.15) is 0 Å². The molecule has 100 valence electrons. The fourth-order valence-corrected chi connectivity index (χ4v) is 6.11. The van der Waals surface area contributed by atoms with Gasteiger partial charge in [0, 0.05) is 20.3 Å². The lowest BCUT2D eigenvalue weighted by atomic mass is 9.72. The first kappa shape index (κ1) is 13.5. The Labute approximate surface area is 107 Å². The predicted molar refractivity (Wildman–Crippen MR) is 71.9 cm³/mol. The van der Waals surface area contributed by atoms with Crippen LogP contribution in [0.25, 0.3) is 0 Å². The van der Waals surface area contributed by atoms with E-state index in [0.717, 1.165) is 23.8 Å². The van der Waals surface area contributed by atoms with Crippen LogP contribution in [0.15, 0.2) is 0 Å². The summed E-state index contributed by atoms with van der Waals surface area (Å²) in [6.07, 6.45) is 5.60. The van der Waals surface area contributed by atoms with Crippen LogP contribution in [-0.4, -0.2) is 40.8 Å². The maximum Gasteiger partial charge on any atom is 0.410 e. The molecule has 0 spiro atoms. The van der Waals surface area contributed by atoms with Gasteiger partial charge in [-0.15, -0.1) is 0 Å². The Morgan fingerprint density at radius 2 is 1.82 bits per heavy atom. The molecule has 0 radical (unpaired) electrons. The minimum absolute atomic E-state index is 0.719. The van der Waals surface area contributed by atoms with Gasteiger partial charge in [0.05, 0.1) is 0 Å². The van der Waals surface area contributed by atoms with Crippen molar-refractivity contribution in [3.63, 3.8) is 0 Å². The third-order valence-corrected chi connectivity index (χ3v) is 6.49. The Morgan fingerprint density at radius 1 is 1.12 bits per heavy atom. The SMILES string of the molecule is CO[SiH](OC)N1CC(C)CC2CCCC(C)C21. The maximum absolute atomic E-state index is 5.63. The Balaban J connectivity index is 2.15. The van der Waals surface area contributed by atoms with E-state index in [1.165, 1.54) is 32.2 Å². The van der Waals surface area contributed by atoms with Crippen molar-refractivity contribution in [2.45, 2.75) is 45.6 Å². The molecule has 4 unspecified atom stereocenters. The van der Waals surface area contributed by atoms with Crippen molar-refractivity contribution < 1.29 is 8.85 Å². The second-order valence-electron chi connectivity index (χ2n) is 5.97. The van der Waals surface area contributed by atoms with Gasteiger partial charge < -0.3 is 8.85 Å². The van der Waals surface area contributed by atoms with Gasteiger partial charge >= 0.3 is 9.45 Å². The van der Waals surface area contributed by atoms with Gasteiger partial charge in [-0.3, -0.25) is 4.57 Å². The largest absolute Gasteiger partial charge is 0.410 e. The third-order valence-electron chi connectivity index (χ3n) is 4.58. The second kappa shape index (κ2) is 5.82. The van der Waals surface area contributed by atoms with Crippen LogP contribution in [-0.2, 0) is 8.85 Å². The molecule has 0 aromatic heterocycles. The molecule has 2 aliphatic rings. The lowest BCUT2D eigenvalue weighted by molar-refractivity contribution is 0.0241. The zero-order chi connectivity index (χ0) is 12.4. The topological polar surface area (TPSA) is 21.7 Å². The highest BCUT2D eigenvalue weighted by Gasteiger charge is 2.43. The van der Waals surface area contributed by atoms with E-state index in [1.54, 1.807) is 0 Å². The van der Waals surface area contributed by atoms with Crippen LogP contribution in [0.4, 0.5) is 0 Å². The minimum atomic E-state index is -1.61. The molecule has 3 nitrogen and oxygen atoms in total. The Kier molecular flexibility index (Phi) is 4.63. The molecular weight excluding hydrogens is 230 g/mol. The Hall–Kier alpha value is 0.0969. The normalized spacial score (nSPS) is 39.4. The molecule has 4 heteroatoms. The minimum Gasteiger partial charge on any atom is -0.388 e. The molecule has 1 aliphatic carbocycles. The van der Waals surface area contributed by atoms with Gasteiger partial charge in [-0.25, -0.2) is 0 Å². The van der Waals surface area contributed by atoms with Gasteiger partial charge in [0.2, 0.25) is 0 Å². The van der Waals surface area contributed by atoms with Gasteiger partial charge in [-0.05, 0) is 43.6 Å². The average molecular weight is 257 g/mol. The number of hydrogen-bond donors (Lipinski definition) is 0. The van der Waals surface area contributed by atoms with Crippen LogP contribution < -0.4 is 0 Å². The standard InChI is InChI=1S/C13H27NO2Si/c1-10-8-12-7-5-6-11(2)13(12)14(9-10)17(15-3)16-4/h10-13,17H,5-9H2,1-4H3. The summed E-state index contributed by atoms with van der Waals surface area (Å²) in [6, 6.07) is 0.719. The molecule has 17 heavy (non-hydrogen) atoms. The van der Waals surface area contributed by atoms with Gasteiger partial charge in [0.25, 0.3) is 0 Å². The lowest BCUT2D eigenvalue weighted by Gasteiger charge is -2.50. The van der Waals surface area contributed by atoms with Gasteiger partial charge in [-0.1, -0.05) is 20.3 Å². The van der Waals surface area contributed by atoms with Crippen molar-refractivity contribution in [2.24, 2.45) is 17.8 Å². The highest BCUT2D eigenvalue weighted by atomic mass is 28.3. The number of hydrogen-bond acceptors (Lipinski definition) is 3. The number of nitrogens with zero attached hydrogens (tertiary/aromatic N) is 1. The average Bonchev–Trinajstić information content (AvgIpc) is 2.30. The van der Waals surface area contributed by atoms with E-state index in [9.17, 15) is 0 Å². The zero-order valence-electron chi connectivity index (χ0n) is 11.7. The van der Waals surface area contributed by atoms with E-state index in [-0.39, 0.29) is 0 Å². The van der Waals surface area contributed by atoms with Crippen molar-refractivity contribution in [1.29, 1.82) is 0 Å². The van der Waals surface area contributed by atoms with Crippen LogP contribution in [0, 0.1) is 17.8 Å². The highest BCUT2D eigenvalue weighted by molar-refractivity contribution is 6.41. The molecule has 1 aliphatic heterocycles. The van der Waals surface area contributed by atoms with Gasteiger partial charge in [0.1, 0.15) is 0 Å². The van der Waals surface area contributed by atoms with Crippen LogP contribution in [0.3, 0.4) is 0 Å². The molecule has 0 aromatic carbocycles. The molecule has 0 N–H and O–H groups in total. The van der Waals surface area contributed by atoms with Crippen molar-refractivity contribution in [3.8, 4) is 0 Å². The Bertz CT molecular complexity index is 248. The molecule has 4 atom stereocenters. The summed E-state index contributed by atoms with van der Waals surface area (Å²) in [5, 5.41) is 0. The highest BCUT2D eigenvalue weighted by Crippen LogP contribution is 2.40. The summed E-state index contributed by atoms with van der Waals surface area (Å²) in [7, 11) is 2.00. The van der Waals surface area contributed by atoms with Crippen LogP contribution in [0.2, 0.25) is 0 Å². The summed E-state index contributed by atoms with van der Waals surface area (Å²) >= 11 is 0. The van der Waals surface area contributed by atoms with E-state index in [4.69, 9.17) is 8.85 Å². The summed E-state index contributed by atoms with van der Waals surface area (Å²) in [5.74, 6) is 2.48. The number of rotatable bonds is 3. The van der Waals surface area contributed by atoms with E-state index in [2.05, 4.69) is 18.4 Å². The first-order chi connectivity index (χ1) is 8.17. The van der Waals surface area contributed by atoms with Crippen molar-refractivity contribution >= 4 is 9.45 Å². The number of piperidine rings is 1. The molecule has 0 aromatic rings. The van der Waals surface area contributed by atoms with Crippen LogP contribution in [0.5, 0.6) is 0 Å². The fraction of sp³-hybridized carbons (Fsp3) is 1.00. The summed E-state index contributed by atoms with van der Waals surface area (Å²) in [4.78, 5) is 0. The summed E-state index contributed by atoms with van der Waals surface area (Å²) < 4.78 is 13.9. The molecular formula is C13H27NO2Si. The predicted octanol–water partition coefficient (Wildman–Crippen LogP) is 2.14. The smallest absolute Gasteiger partial charge is 0.388 e. The first-order valence-corrected chi connectivity index (χ1v) is 8.44. The van der Waals surface area contributed by atoms with Gasteiger partial charge in [0.15, 0.2) is 0 Å². The molecule has 0 amide bonds. The molecule has 1 saturated carbocycles. The molecule has 2 rings (SSSR count). The second-order valence-corrected chi connectivity index (χ2v) is 8.20. The Morgan fingerprint density at radius 3 is 2.47 bits per heavy atom. The number of fused-ring (bicyclic) bond motifs is 1. The molecule has 0 bridgehead atoms. The first-order valence-electron chi connectivity index (χ1n) is 6.98. The maximum atomic E-state index is 5.63. The molecule has 1 saturated heterocycles. The molecule has 2 fully saturated rings. The quantitative estimate of drug-likeness (QED) is 0.723. The summed E-state index contributed by atoms with van der Waals surface area (Å²) in [5.41, 5.74) is 0. The summed E-state index contributed by atoms with van der Waals surface area (Å²) in [6.45, 7) is 5.96. The zero-order valence-corrected chi connectivity index (χ0v) is 12.8. The molecule has 1 heterocycles. The van der Waals surface area contributed by atoms with E-state index >= 15 is 0 Å². The van der Waals surface area contributed by atoms with E-state index < -0.39 is 9.45 Å². The van der Waals surface area contributed by atoms with E-state index in [0.29, 0.717) is 0 Å². The lowest BCUT2D eigenvalue weighted by Crippen LogP contribution is -2.59. The van der Waals surface area contributed by atoms with Crippen molar-refractivity contribution in [1.82, 2.24) is 4.57 Å². The third kappa shape index (κ3) is 2.75.